The largest absolute Gasteiger partial charge is 0.473 e. The zero-order chi connectivity index (χ0) is 13.0. The maximum atomic E-state index is 10.9. The van der Waals surface area contributed by atoms with Crippen molar-refractivity contribution in [3.05, 3.63) is 26.9 Å². The monoisotopic (exact) mass is 316 g/mol. The molecular formula is C11H13BrN2O4. The average Bonchev–Trinajstić information content (AvgIpc) is 2.38. The minimum absolute atomic E-state index is 0.0784. The van der Waals surface area contributed by atoms with Crippen LogP contribution in [0.4, 0.5) is 5.69 Å². The maximum Gasteiger partial charge on any atom is 0.332 e. The van der Waals surface area contributed by atoms with E-state index in [2.05, 4.69) is 20.9 Å². The smallest absolute Gasteiger partial charge is 0.332 e. The third-order valence-electron chi connectivity index (χ3n) is 2.79. The van der Waals surface area contributed by atoms with Crippen LogP contribution in [-0.4, -0.2) is 29.7 Å². The van der Waals surface area contributed by atoms with Gasteiger partial charge in [-0.05, 0) is 34.7 Å². The minimum Gasteiger partial charge on any atom is -0.473 e. The third-order valence-corrected chi connectivity index (χ3v) is 3.23. The van der Waals surface area contributed by atoms with Crippen molar-refractivity contribution in [3.8, 4) is 5.88 Å². The van der Waals surface area contributed by atoms with Crippen molar-refractivity contribution in [3.63, 3.8) is 0 Å². The van der Waals surface area contributed by atoms with E-state index in [4.69, 9.17) is 9.47 Å². The van der Waals surface area contributed by atoms with Gasteiger partial charge in [-0.25, -0.2) is 4.98 Å². The summed E-state index contributed by atoms with van der Waals surface area (Å²) in [4.78, 5) is 14.3. The predicted octanol–water partition coefficient (Wildman–Crippen LogP) is 2.56. The molecule has 0 bridgehead atoms. The van der Waals surface area contributed by atoms with E-state index in [0.29, 0.717) is 17.0 Å². The molecule has 98 valence electrons. The van der Waals surface area contributed by atoms with Crippen LogP contribution in [0.5, 0.6) is 5.88 Å². The molecule has 0 saturated carbocycles. The summed E-state index contributed by atoms with van der Waals surface area (Å²) in [5.41, 5.74) is -0.114. The second kappa shape index (κ2) is 6.10. The Morgan fingerprint density at radius 3 is 2.94 bits per heavy atom. The molecule has 0 unspecified atom stereocenters. The van der Waals surface area contributed by atoms with Crippen LogP contribution in [0.15, 0.2) is 16.7 Å². The fraction of sp³-hybridized carbons (Fsp3) is 0.545. The fourth-order valence-corrected chi connectivity index (χ4v) is 2.09. The highest BCUT2D eigenvalue weighted by molar-refractivity contribution is 9.10. The molecule has 1 aromatic rings. The van der Waals surface area contributed by atoms with E-state index in [1.807, 2.05) is 0 Å². The van der Waals surface area contributed by atoms with Gasteiger partial charge in [0.1, 0.15) is 0 Å². The Bertz CT molecular complexity index is 435. The third kappa shape index (κ3) is 3.39. The summed E-state index contributed by atoms with van der Waals surface area (Å²) in [5.74, 6) is 0.457. The molecule has 0 N–H and O–H groups in total. The summed E-state index contributed by atoms with van der Waals surface area (Å²) in [7, 11) is 0. The highest BCUT2D eigenvalue weighted by Crippen LogP contribution is 2.28. The Balaban J connectivity index is 2.01. The molecule has 1 aromatic heterocycles. The van der Waals surface area contributed by atoms with E-state index in [1.165, 1.54) is 12.3 Å². The molecule has 2 rings (SSSR count). The molecule has 0 radical (unpaired) electrons. The van der Waals surface area contributed by atoms with Crippen molar-refractivity contribution in [1.29, 1.82) is 0 Å². The lowest BCUT2D eigenvalue weighted by atomic mass is 10.0. The van der Waals surface area contributed by atoms with Gasteiger partial charge in [0.15, 0.2) is 0 Å². The first-order chi connectivity index (χ1) is 8.66. The van der Waals surface area contributed by atoms with Gasteiger partial charge in [-0.1, -0.05) is 0 Å². The highest BCUT2D eigenvalue weighted by atomic mass is 79.9. The van der Waals surface area contributed by atoms with Gasteiger partial charge in [-0.3, -0.25) is 10.1 Å². The van der Waals surface area contributed by atoms with Gasteiger partial charge >= 0.3 is 5.69 Å². The molecule has 1 fully saturated rings. The molecule has 0 spiro atoms. The van der Waals surface area contributed by atoms with Gasteiger partial charge in [-0.2, -0.15) is 0 Å². The molecule has 0 aliphatic carbocycles. The van der Waals surface area contributed by atoms with Crippen LogP contribution in [0.3, 0.4) is 0 Å². The Kier molecular flexibility index (Phi) is 4.48. The van der Waals surface area contributed by atoms with Gasteiger partial charge in [0.2, 0.25) is 0 Å². The number of nitrogens with zero attached hydrogens (tertiary/aromatic N) is 2. The number of rotatable bonds is 4. The van der Waals surface area contributed by atoms with Crippen molar-refractivity contribution in [2.75, 3.05) is 19.8 Å². The van der Waals surface area contributed by atoms with Gasteiger partial charge in [0.25, 0.3) is 5.88 Å². The summed E-state index contributed by atoms with van der Waals surface area (Å²) in [6.07, 6.45) is 3.33. The molecule has 1 saturated heterocycles. The quantitative estimate of drug-likeness (QED) is 0.630. The van der Waals surface area contributed by atoms with E-state index in [9.17, 15) is 10.1 Å². The van der Waals surface area contributed by atoms with E-state index in [-0.39, 0.29) is 11.6 Å². The number of halogens is 1. The number of hydrogen-bond acceptors (Lipinski definition) is 5. The number of ether oxygens (including phenoxy) is 2. The van der Waals surface area contributed by atoms with Crippen molar-refractivity contribution < 1.29 is 14.4 Å². The van der Waals surface area contributed by atoms with Crippen molar-refractivity contribution in [2.24, 2.45) is 5.92 Å². The summed E-state index contributed by atoms with van der Waals surface area (Å²) < 4.78 is 11.3. The Hall–Kier alpha value is -1.21. The molecule has 0 aromatic carbocycles. The van der Waals surface area contributed by atoms with Gasteiger partial charge in [-0.15, -0.1) is 0 Å². The predicted molar refractivity (Wildman–Crippen MR) is 67.6 cm³/mol. The van der Waals surface area contributed by atoms with Crippen molar-refractivity contribution >= 4 is 21.6 Å². The normalized spacial score (nSPS) is 16.5. The molecule has 6 nitrogen and oxygen atoms in total. The van der Waals surface area contributed by atoms with Gasteiger partial charge < -0.3 is 9.47 Å². The fourth-order valence-electron chi connectivity index (χ4n) is 1.77. The average molecular weight is 317 g/mol. The van der Waals surface area contributed by atoms with Crippen LogP contribution in [0.1, 0.15) is 12.8 Å². The minimum atomic E-state index is -0.489. The number of aromatic nitrogens is 1. The molecule has 0 amide bonds. The lowest BCUT2D eigenvalue weighted by molar-refractivity contribution is -0.386. The van der Waals surface area contributed by atoms with E-state index >= 15 is 0 Å². The summed E-state index contributed by atoms with van der Waals surface area (Å²) in [5, 5.41) is 10.9. The Morgan fingerprint density at radius 2 is 2.28 bits per heavy atom. The molecule has 7 heteroatoms. The summed E-state index contributed by atoms with van der Waals surface area (Å²) in [6.45, 7) is 1.90. The second-order valence-electron chi connectivity index (χ2n) is 4.10. The lowest BCUT2D eigenvalue weighted by Crippen LogP contribution is -2.21. The van der Waals surface area contributed by atoms with Gasteiger partial charge in [0, 0.05) is 29.9 Å². The first-order valence-electron chi connectivity index (χ1n) is 5.67. The number of nitro groups is 1. The summed E-state index contributed by atoms with van der Waals surface area (Å²) in [6, 6.07) is 1.40. The van der Waals surface area contributed by atoms with Crippen LogP contribution >= 0.6 is 15.9 Å². The molecule has 0 atom stereocenters. The maximum absolute atomic E-state index is 10.9. The van der Waals surface area contributed by atoms with Crippen molar-refractivity contribution in [2.45, 2.75) is 12.8 Å². The van der Waals surface area contributed by atoms with Crippen LogP contribution in [0.25, 0.3) is 0 Å². The Morgan fingerprint density at radius 1 is 1.56 bits per heavy atom. The molecule has 1 aliphatic heterocycles. The molecule has 2 heterocycles. The first-order valence-corrected chi connectivity index (χ1v) is 6.46. The van der Waals surface area contributed by atoms with Crippen LogP contribution in [0.2, 0.25) is 0 Å². The highest BCUT2D eigenvalue weighted by Gasteiger charge is 2.20. The lowest BCUT2D eigenvalue weighted by Gasteiger charge is -2.21. The number of hydrogen-bond donors (Lipinski definition) is 0. The standard InChI is InChI=1S/C11H13BrN2O4/c12-9-5-10(14(15)16)11(13-6-9)18-7-8-1-3-17-4-2-8/h5-6,8H,1-4,7H2. The van der Waals surface area contributed by atoms with E-state index in [1.54, 1.807) is 0 Å². The number of pyridine rings is 1. The SMILES string of the molecule is O=[N+]([O-])c1cc(Br)cnc1OCC1CCOCC1. The second-order valence-corrected chi connectivity index (χ2v) is 5.02. The molecule has 1 aliphatic rings. The van der Waals surface area contributed by atoms with Crippen LogP contribution in [0, 0.1) is 16.0 Å². The van der Waals surface area contributed by atoms with Crippen LogP contribution in [-0.2, 0) is 4.74 Å². The van der Waals surface area contributed by atoms with Crippen molar-refractivity contribution in [1.82, 2.24) is 4.98 Å². The first kappa shape index (κ1) is 13.2. The van der Waals surface area contributed by atoms with E-state index in [0.717, 1.165) is 26.1 Å². The zero-order valence-corrected chi connectivity index (χ0v) is 11.3. The van der Waals surface area contributed by atoms with Crippen LogP contribution < -0.4 is 4.74 Å². The molecular weight excluding hydrogens is 304 g/mol. The van der Waals surface area contributed by atoms with Gasteiger partial charge in [0.05, 0.1) is 11.5 Å². The molecule has 18 heavy (non-hydrogen) atoms. The topological polar surface area (TPSA) is 74.5 Å². The van der Waals surface area contributed by atoms with E-state index < -0.39 is 4.92 Å². The summed E-state index contributed by atoms with van der Waals surface area (Å²) >= 11 is 3.15. The Labute approximate surface area is 113 Å². The zero-order valence-electron chi connectivity index (χ0n) is 9.67.